The van der Waals surface area contributed by atoms with Crippen LogP contribution in [0.5, 0.6) is 0 Å². The summed E-state index contributed by atoms with van der Waals surface area (Å²) in [5.74, 6) is -0.357. The number of hydrogen-bond acceptors (Lipinski definition) is 5. The average Bonchev–Trinajstić information content (AvgIpc) is 2.13. The Hall–Kier alpha value is -0.530. The van der Waals surface area contributed by atoms with Crippen molar-refractivity contribution < 1.29 is 23.8 Å². The van der Waals surface area contributed by atoms with Crippen LogP contribution >= 0.6 is 22.6 Å². The SMILES string of the molecule is CC(C)(C)OC(=O)C[C@H]1C[C@H](CI)OC(=O)O1. The minimum Gasteiger partial charge on any atom is -0.460 e. The molecule has 17 heavy (non-hydrogen) atoms. The van der Waals surface area contributed by atoms with Gasteiger partial charge in [0.2, 0.25) is 0 Å². The summed E-state index contributed by atoms with van der Waals surface area (Å²) < 4.78 is 15.7. The Bertz CT molecular complexity index is 297. The monoisotopic (exact) mass is 356 g/mol. The third kappa shape index (κ3) is 5.56. The molecule has 0 spiro atoms. The molecule has 0 saturated carbocycles. The quantitative estimate of drug-likeness (QED) is 0.442. The predicted molar refractivity (Wildman–Crippen MR) is 69.1 cm³/mol. The molecule has 1 fully saturated rings. The highest BCUT2D eigenvalue weighted by Crippen LogP contribution is 2.20. The van der Waals surface area contributed by atoms with Gasteiger partial charge in [0.25, 0.3) is 0 Å². The van der Waals surface area contributed by atoms with Crippen LogP contribution in [0.1, 0.15) is 33.6 Å². The van der Waals surface area contributed by atoms with Gasteiger partial charge in [0.15, 0.2) is 0 Å². The molecular weight excluding hydrogens is 339 g/mol. The average molecular weight is 356 g/mol. The van der Waals surface area contributed by atoms with Crippen molar-refractivity contribution in [3.8, 4) is 0 Å². The zero-order valence-corrected chi connectivity index (χ0v) is 12.4. The normalized spacial score (nSPS) is 24.8. The zero-order chi connectivity index (χ0) is 13.1. The summed E-state index contributed by atoms with van der Waals surface area (Å²) in [5, 5.41) is 0. The highest BCUT2D eigenvalue weighted by molar-refractivity contribution is 14.1. The van der Waals surface area contributed by atoms with E-state index in [-0.39, 0.29) is 18.5 Å². The van der Waals surface area contributed by atoms with Crippen LogP contribution in [0.2, 0.25) is 0 Å². The number of hydrogen-bond donors (Lipinski definition) is 0. The summed E-state index contributed by atoms with van der Waals surface area (Å²) >= 11 is 2.13. The fraction of sp³-hybridized carbons (Fsp3) is 0.818. The van der Waals surface area contributed by atoms with Crippen LogP contribution in [-0.2, 0) is 19.0 Å². The van der Waals surface area contributed by atoms with E-state index in [0.29, 0.717) is 10.8 Å². The lowest BCUT2D eigenvalue weighted by Crippen LogP contribution is -2.37. The van der Waals surface area contributed by atoms with Gasteiger partial charge >= 0.3 is 12.1 Å². The van der Waals surface area contributed by atoms with E-state index in [2.05, 4.69) is 22.6 Å². The Labute approximate surface area is 114 Å². The van der Waals surface area contributed by atoms with Crippen molar-refractivity contribution in [2.75, 3.05) is 4.43 Å². The summed E-state index contributed by atoms with van der Waals surface area (Å²) in [7, 11) is 0. The van der Waals surface area contributed by atoms with Gasteiger partial charge in [-0.15, -0.1) is 0 Å². The van der Waals surface area contributed by atoms with Crippen molar-refractivity contribution in [2.45, 2.75) is 51.4 Å². The van der Waals surface area contributed by atoms with Crippen LogP contribution in [0.25, 0.3) is 0 Å². The van der Waals surface area contributed by atoms with Crippen LogP contribution in [0, 0.1) is 0 Å². The summed E-state index contributed by atoms with van der Waals surface area (Å²) in [6, 6.07) is 0. The van der Waals surface area contributed by atoms with Gasteiger partial charge in [0.1, 0.15) is 17.8 Å². The minimum atomic E-state index is -0.702. The third-order valence-corrected chi connectivity index (χ3v) is 3.02. The van der Waals surface area contributed by atoms with E-state index in [1.165, 1.54) is 0 Å². The van der Waals surface area contributed by atoms with Crippen LogP contribution in [0.3, 0.4) is 0 Å². The largest absolute Gasteiger partial charge is 0.508 e. The standard InChI is InChI=1S/C11H17IO5/c1-11(2,3)17-9(13)5-7-4-8(6-12)16-10(14)15-7/h7-8H,4-6H2,1-3H3/t7-,8-/m1/s1. The van der Waals surface area contributed by atoms with Gasteiger partial charge in [-0.05, 0) is 20.8 Å². The van der Waals surface area contributed by atoms with Crippen LogP contribution in [0.4, 0.5) is 4.79 Å². The van der Waals surface area contributed by atoms with Crippen molar-refractivity contribution in [3.05, 3.63) is 0 Å². The predicted octanol–water partition coefficient (Wildman–Crippen LogP) is 2.45. The van der Waals surface area contributed by atoms with E-state index in [1.807, 2.05) is 0 Å². The van der Waals surface area contributed by atoms with Gasteiger partial charge in [0, 0.05) is 10.8 Å². The van der Waals surface area contributed by atoms with Gasteiger partial charge < -0.3 is 14.2 Å². The zero-order valence-electron chi connectivity index (χ0n) is 10.2. The minimum absolute atomic E-state index is 0.0828. The maximum atomic E-state index is 11.6. The molecule has 1 aliphatic heterocycles. The Morgan fingerprint density at radius 3 is 2.53 bits per heavy atom. The lowest BCUT2D eigenvalue weighted by molar-refractivity contribution is -0.159. The first-order valence-electron chi connectivity index (χ1n) is 5.45. The molecule has 0 amide bonds. The lowest BCUT2D eigenvalue weighted by Gasteiger charge is -2.28. The molecule has 0 N–H and O–H groups in total. The Kier molecular flexibility index (Phi) is 5.03. The first kappa shape index (κ1) is 14.5. The Morgan fingerprint density at radius 1 is 1.41 bits per heavy atom. The molecule has 0 aromatic carbocycles. The highest BCUT2D eigenvalue weighted by Gasteiger charge is 2.32. The summed E-state index contributed by atoms with van der Waals surface area (Å²) in [4.78, 5) is 22.7. The molecule has 1 aliphatic rings. The number of carbonyl (C=O) groups is 2. The first-order chi connectivity index (χ1) is 7.80. The number of cyclic esters (lactones) is 2. The Balaban J connectivity index is 2.45. The summed E-state index contributed by atoms with van der Waals surface area (Å²) in [5.41, 5.74) is -0.519. The third-order valence-electron chi connectivity index (χ3n) is 2.04. The second-order valence-electron chi connectivity index (χ2n) is 4.91. The molecule has 1 saturated heterocycles. The number of carbonyl (C=O) groups excluding carboxylic acids is 2. The van der Waals surface area contributed by atoms with Crippen molar-refractivity contribution in [1.82, 2.24) is 0 Å². The van der Waals surface area contributed by atoms with E-state index in [4.69, 9.17) is 14.2 Å². The molecule has 0 aromatic rings. The molecule has 1 heterocycles. The van der Waals surface area contributed by atoms with E-state index in [9.17, 15) is 9.59 Å². The van der Waals surface area contributed by atoms with Crippen molar-refractivity contribution >= 4 is 34.7 Å². The fourth-order valence-corrected chi connectivity index (χ4v) is 2.02. The first-order valence-corrected chi connectivity index (χ1v) is 6.98. The van der Waals surface area contributed by atoms with Crippen LogP contribution < -0.4 is 0 Å². The molecule has 0 aromatic heterocycles. The number of ether oxygens (including phenoxy) is 3. The maximum Gasteiger partial charge on any atom is 0.508 e. The molecular formula is C11H17IO5. The van der Waals surface area contributed by atoms with Crippen molar-refractivity contribution in [2.24, 2.45) is 0 Å². The van der Waals surface area contributed by atoms with E-state index in [1.54, 1.807) is 20.8 Å². The van der Waals surface area contributed by atoms with E-state index in [0.717, 1.165) is 0 Å². The van der Waals surface area contributed by atoms with Gasteiger partial charge in [0.05, 0.1) is 6.42 Å². The molecule has 2 atom stereocenters. The van der Waals surface area contributed by atoms with Crippen LogP contribution in [0.15, 0.2) is 0 Å². The molecule has 6 heteroatoms. The second-order valence-corrected chi connectivity index (χ2v) is 5.79. The van der Waals surface area contributed by atoms with Crippen LogP contribution in [-0.4, -0.2) is 34.4 Å². The van der Waals surface area contributed by atoms with Gasteiger partial charge in [-0.1, -0.05) is 22.6 Å². The number of rotatable bonds is 3. The number of halogens is 1. The molecule has 0 bridgehead atoms. The highest BCUT2D eigenvalue weighted by atomic mass is 127. The van der Waals surface area contributed by atoms with Gasteiger partial charge in [-0.3, -0.25) is 4.79 Å². The van der Waals surface area contributed by atoms with Gasteiger partial charge in [-0.2, -0.15) is 0 Å². The van der Waals surface area contributed by atoms with Crippen molar-refractivity contribution in [3.63, 3.8) is 0 Å². The number of alkyl halides is 1. The van der Waals surface area contributed by atoms with E-state index < -0.39 is 17.9 Å². The second kappa shape index (κ2) is 5.88. The summed E-state index contributed by atoms with van der Waals surface area (Å²) in [6.45, 7) is 5.40. The molecule has 0 unspecified atom stereocenters. The molecule has 1 rings (SSSR count). The molecule has 0 radical (unpaired) electrons. The molecule has 0 aliphatic carbocycles. The fourth-order valence-electron chi connectivity index (χ4n) is 1.48. The maximum absolute atomic E-state index is 11.6. The number of esters is 1. The Morgan fingerprint density at radius 2 is 2.00 bits per heavy atom. The lowest BCUT2D eigenvalue weighted by atomic mass is 10.1. The van der Waals surface area contributed by atoms with E-state index >= 15 is 0 Å². The smallest absolute Gasteiger partial charge is 0.460 e. The molecule has 98 valence electrons. The topological polar surface area (TPSA) is 61.8 Å². The van der Waals surface area contributed by atoms with Gasteiger partial charge in [-0.25, -0.2) is 4.79 Å². The summed E-state index contributed by atoms with van der Waals surface area (Å²) in [6.07, 6.45) is -0.699. The molecule has 5 nitrogen and oxygen atoms in total. The van der Waals surface area contributed by atoms with Crippen molar-refractivity contribution in [1.29, 1.82) is 0 Å².